The van der Waals surface area contributed by atoms with Gasteiger partial charge >= 0.3 is 0 Å². The lowest BCUT2D eigenvalue weighted by molar-refractivity contribution is 0.0761. The van der Waals surface area contributed by atoms with Crippen molar-refractivity contribution < 1.29 is 14.3 Å². The molecule has 1 amide bonds. The van der Waals surface area contributed by atoms with Gasteiger partial charge < -0.3 is 15.3 Å². The van der Waals surface area contributed by atoms with E-state index in [9.17, 15) is 14.3 Å². The van der Waals surface area contributed by atoms with Crippen molar-refractivity contribution in [1.29, 1.82) is 0 Å². The Labute approximate surface area is 158 Å². The lowest BCUT2D eigenvalue weighted by Gasteiger charge is -2.17. The molecule has 0 bridgehead atoms. The molecule has 3 aromatic rings. The Morgan fingerprint density at radius 2 is 2.30 bits per heavy atom. The Bertz CT molecular complexity index is 995. The average molecular weight is 387 g/mol. The number of hydrogen-bond donors (Lipinski definition) is 2. The number of nitrogens with zero attached hydrogens (tertiary/aromatic N) is 4. The zero-order valence-corrected chi connectivity index (χ0v) is 15.4. The molecule has 4 heterocycles. The average Bonchev–Trinajstić information content (AvgIpc) is 3.29. The standard InChI is InChI=1S/C18H18FN5O2S/c1-10(11-6-12(19)8-20-7-11)21-18-22-14-3-5-27-16(14)15(23-18)17(26)24-4-2-13(25)9-24/h3,5-8,10,13,25H,2,4,9H2,1H3,(H,21,22,23)/t10-,13?/m0/s1. The van der Waals surface area contributed by atoms with Crippen molar-refractivity contribution in [2.75, 3.05) is 18.4 Å². The number of hydrogen-bond acceptors (Lipinski definition) is 7. The summed E-state index contributed by atoms with van der Waals surface area (Å²) in [5, 5.41) is 14.7. The molecule has 0 aromatic carbocycles. The van der Waals surface area contributed by atoms with E-state index >= 15 is 0 Å². The molecule has 1 saturated heterocycles. The number of thiophene rings is 1. The maximum absolute atomic E-state index is 13.4. The van der Waals surface area contributed by atoms with Crippen molar-refractivity contribution in [3.8, 4) is 0 Å². The summed E-state index contributed by atoms with van der Waals surface area (Å²) in [6, 6.07) is 2.93. The summed E-state index contributed by atoms with van der Waals surface area (Å²) in [6.07, 6.45) is 2.79. The number of nitrogens with one attached hydrogen (secondary N) is 1. The van der Waals surface area contributed by atoms with E-state index in [1.807, 2.05) is 18.4 Å². The monoisotopic (exact) mass is 387 g/mol. The van der Waals surface area contributed by atoms with Crippen LogP contribution in [0.5, 0.6) is 0 Å². The van der Waals surface area contributed by atoms with Gasteiger partial charge in [-0.05, 0) is 36.4 Å². The number of pyridine rings is 1. The number of β-amino-alcohol motifs (C(OH)–C–C–N with tert-alkyl or cyclic N) is 1. The summed E-state index contributed by atoms with van der Waals surface area (Å²) in [7, 11) is 0. The molecule has 140 valence electrons. The zero-order chi connectivity index (χ0) is 19.0. The summed E-state index contributed by atoms with van der Waals surface area (Å²) < 4.78 is 14.1. The number of amides is 1. The van der Waals surface area contributed by atoms with Crippen LogP contribution in [0.3, 0.4) is 0 Å². The molecule has 2 atom stereocenters. The molecule has 7 nitrogen and oxygen atoms in total. The SMILES string of the molecule is C[C@H](Nc1nc(C(=O)N2CCC(O)C2)c2sccc2n1)c1cncc(F)c1. The quantitative estimate of drug-likeness (QED) is 0.715. The molecule has 9 heteroatoms. The van der Waals surface area contributed by atoms with Crippen LogP contribution in [0.2, 0.25) is 0 Å². The lowest BCUT2D eigenvalue weighted by atomic mass is 10.1. The molecule has 0 saturated carbocycles. The number of carbonyl (C=O) groups excluding carboxylic acids is 1. The van der Waals surface area contributed by atoms with Crippen LogP contribution in [0.15, 0.2) is 29.9 Å². The van der Waals surface area contributed by atoms with Crippen molar-refractivity contribution in [2.45, 2.75) is 25.5 Å². The molecule has 0 radical (unpaired) electrons. The van der Waals surface area contributed by atoms with Gasteiger partial charge in [-0.2, -0.15) is 0 Å². The van der Waals surface area contributed by atoms with Gasteiger partial charge in [-0.3, -0.25) is 9.78 Å². The fourth-order valence-corrected chi connectivity index (χ4v) is 3.90. The van der Waals surface area contributed by atoms with E-state index in [1.165, 1.54) is 17.4 Å². The third-order valence-corrected chi connectivity index (χ3v) is 5.44. The zero-order valence-electron chi connectivity index (χ0n) is 14.6. The van der Waals surface area contributed by atoms with Crippen LogP contribution in [0.25, 0.3) is 10.2 Å². The van der Waals surface area contributed by atoms with E-state index in [2.05, 4.69) is 20.3 Å². The molecule has 0 aliphatic carbocycles. The number of rotatable bonds is 4. The van der Waals surface area contributed by atoms with Gasteiger partial charge in [0.05, 0.1) is 28.6 Å². The van der Waals surface area contributed by atoms with Gasteiger partial charge in [-0.1, -0.05) is 0 Å². The van der Waals surface area contributed by atoms with E-state index in [-0.39, 0.29) is 11.9 Å². The second-order valence-electron chi connectivity index (χ2n) is 6.53. The first-order chi connectivity index (χ1) is 13.0. The van der Waals surface area contributed by atoms with Crippen LogP contribution in [-0.2, 0) is 0 Å². The predicted molar refractivity (Wildman–Crippen MR) is 100 cm³/mol. The Morgan fingerprint density at radius 1 is 1.44 bits per heavy atom. The molecule has 1 aliphatic heterocycles. The number of aliphatic hydroxyl groups excluding tert-OH is 1. The Kier molecular flexibility index (Phi) is 4.71. The number of aliphatic hydroxyl groups is 1. The first kappa shape index (κ1) is 17.7. The molecular formula is C18H18FN5O2S. The molecule has 0 spiro atoms. The summed E-state index contributed by atoms with van der Waals surface area (Å²) in [5.74, 6) is -0.343. The van der Waals surface area contributed by atoms with Crippen LogP contribution in [0, 0.1) is 5.82 Å². The Hall–Kier alpha value is -2.65. The minimum absolute atomic E-state index is 0.218. The number of halogens is 1. The van der Waals surface area contributed by atoms with E-state index in [0.29, 0.717) is 46.9 Å². The van der Waals surface area contributed by atoms with Crippen LogP contribution >= 0.6 is 11.3 Å². The van der Waals surface area contributed by atoms with Gasteiger partial charge in [0.1, 0.15) is 5.82 Å². The second kappa shape index (κ2) is 7.16. The van der Waals surface area contributed by atoms with E-state index in [4.69, 9.17) is 0 Å². The number of likely N-dealkylation sites (tertiary alicyclic amines) is 1. The van der Waals surface area contributed by atoms with Crippen molar-refractivity contribution >= 4 is 33.4 Å². The van der Waals surface area contributed by atoms with E-state index in [1.54, 1.807) is 11.1 Å². The highest BCUT2D eigenvalue weighted by molar-refractivity contribution is 7.17. The molecule has 3 aromatic heterocycles. The van der Waals surface area contributed by atoms with E-state index in [0.717, 1.165) is 6.20 Å². The largest absolute Gasteiger partial charge is 0.391 e. The third kappa shape index (κ3) is 3.60. The van der Waals surface area contributed by atoms with E-state index < -0.39 is 11.9 Å². The van der Waals surface area contributed by atoms with Gasteiger partial charge in [0, 0.05) is 19.3 Å². The predicted octanol–water partition coefficient (Wildman–Crippen LogP) is 2.61. The maximum Gasteiger partial charge on any atom is 0.274 e. The van der Waals surface area contributed by atoms with Crippen LogP contribution in [-0.4, -0.2) is 50.1 Å². The van der Waals surface area contributed by atoms with Crippen molar-refractivity contribution in [3.63, 3.8) is 0 Å². The molecule has 27 heavy (non-hydrogen) atoms. The highest BCUT2D eigenvalue weighted by Gasteiger charge is 2.28. The topological polar surface area (TPSA) is 91.2 Å². The summed E-state index contributed by atoms with van der Waals surface area (Å²) in [6.45, 7) is 2.66. The van der Waals surface area contributed by atoms with Crippen molar-refractivity contribution in [1.82, 2.24) is 19.9 Å². The molecule has 2 N–H and O–H groups in total. The molecule has 1 fully saturated rings. The van der Waals surface area contributed by atoms with Crippen LogP contribution < -0.4 is 5.32 Å². The first-order valence-electron chi connectivity index (χ1n) is 8.61. The van der Waals surface area contributed by atoms with Gasteiger partial charge in [0.25, 0.3) is 5.91 Å². The van der Waals surface area contributed by atoms with Gasteiger partial charge in [-0.15, -0.1) is 11.3 Å². The van der Waals surface area contributed by atoms with Crippen molar-refractivity contribution in [3.05, 3.63) is 47.0 Å². The number of aromatic nitrogens is 3. The smallest absolute Gasteiger partial charge is 0.274 e. The normalized spacial score (nSPS) is 18.0. The third-order valence-electron chi connectivity index (χ3n) is 4.53. The minimum Gasteiger partial charge on any atom is -0.391 e. The lowest BCUT2D eigenvalue weighted by Crippen LogP contribution is -2.30. The molecule has 1 aliphatic rings. The fourth-order valence-electron chi connectivity index (χ4n) is 3.09. The van der Waals surface area contributed by atoms with Gasteiger partial charge in [0.15, 0.2) is 5.69 Å². The molecule has 4 rings (SSSR count). The number of anilines is 1. The minimum atomic E-state index is -0.493. The highest BCUT2D eigenvalue weighted by Crippen LogP contribution is 2.27. The Balaban J connectivity index is 1.65. The van der Waals surface area contributed by atoms with Crippen LogP contribution in [0.4, 0.5) is 10.3 Å². The second-order valence-corrected chi connectivity index (χ2v) is 7.44. The molecule has 1 unspecified atom stereocenters. The summed E-state index contributed by atoms with van der Waals surface area (Å²) in [5.41, 5.74) is 1.64. The fraction of sp³-hybridized carbons (Fsp3) is 0.333. The highest BCUT2D eigenvalue weighted by atomic mass is 32.1. The van der Waals surface area contributed by atoms with Gasteiger partial charge in [-0.25, -0.2) is 14.4 Å². The molecular weight excluding hydrogens is 369 g/mol. The van der Waals surface area contributed by atoms with Crippen LogP contribution in [0.1, 0.15) is 35.4 Å². The van der Waals surface area contributed by atoms with Gasteiger partial charge in [0.2, 0.25) is 5.95 Å². The maximum atomic E-state index is 13.4. The first-order valence-corrected chi connectivity index (χ1v) is 9.49. The number of fused-ring (bicyclic) bond motifs is 1. The van der Waals surface area contributed by atoms with Crippen molar-refractivity contribution in [2.24, 2.45) is 0 Å². The Morgan fingerprint density at radius 3 is 3.04 bits per heavy atom. The number of carbonyl (C=O) groups is 1. The summed E-state index contributed by atoms with van der Waals surface area (Å²) in [4.78, 5) is 27.3. The summed E-state index contributed by atoms with van der Waals surface area (Å²) >= 11 is 1.41.